The molecule has 0 spiro atoms. The molecule has 1 aliphatic carbocycles. The molecule has 1 aliphatic rings. The lowest BCUT2D eigenvalue weighted by atomic mass is 9.89. The summed E-state index contributed by atoms with van der Waals surface area (Å²) in [6, 6.07) is 4.07. The van der Waals surface area contributed by atoms with Crippen molar-refractivity contribution < 1.29 is 4.74 Å². The van der Waals surface area contributed by atoms with Gasteiger partial charge < -0.3 is 15.8 Å². The second kappa shape index (κ2) is 5.02. The highest BCUT2D eigenvalue weighted by molar-refractivity contribution is 5.57. The summed E-state index contributed by atoms with van der Waals surface area (Å²) in [6.07, 6.45) is 3.83. The SMILES string of the molecule is CCOC1CC(Nc2ncc(N)cc2C#N)C1. The van der Waals surface area contributed by atoms with E-state index in [2.05, 4.69) is 16.4 Å². The van der Waals surface area contributed by atoms with E-state index in [0.29, 0.717) is 29.2 Å². The molecule has 1 fully saturated rings. The molecule has 2 rings (SSSR count). The molecule has 1 aromatic heterocycles. The van der Waals surface area contributed by atoms with Gasteiger partial charge in [0.05, 0.1) is 23.6 Å². The maximum atomic E-state index is 8.97. The van der Waals surface area contributed by atoms with Crippen LogP contribution >= 0.6 is 0 Å². The molecule has 90 valence electrons. The summed E-state index contributed by atoms with van der Waals surface area (Å²) in [6.45, 7) is 2.75. The van der Waals surface area contributed by atoms with Gasteiger partial charge in [0.25, 0.3) is 0 Å². The molecule has 3 N–H and O–H groups in total. The number of nitriles is 1. The molecular formula is C12H16N4O. The second-order valence-electron chi connectivity index (χ2n) is 4.17. The highest BCUT2D eigenvalue weighted by atomic mass is 16.5. The van der Waals surface area contributed by atoms with Crippen molar-refractivity contribution in [3.8, 4) is 6.07 Å². The van der Waals surface area contributed by atoms with E-state index in [4.69, 9.17) is 15.7 Å². The third-order valence-corrected chi connectivity index (χ3v) is 2.87. The average molecular weight is 232 g/mol. The zero-order valence-corrected chi connectivity index (χ0v) is 9.81. The maximum Gasteiger partial charge on any atom is 0.144 e. The second-order valence-corrected chi connectivity index (χ2v) is 4.17. The van der Waals surface area contributed by atoms with Gasteiger partial charge >= 0.3 is 0 Å². The third kappa shape index (κ3) is 2.66. The summed E-state index contributed by atoms with van der Waals surface area (Å²) in [5.41, 5.74) is 6.58. The van der Waals surface area contributed by atoms with E-state index in [9.17, 15) is 0 Å². The van der Waals surface area contributed by atoms with Crippen LogP contribution in [-0.4, -0.2) is 23.7 Å². The topological polar surface area (TPSA) is 84.0 Å². The van der Waals surface area contributed by atoms with Crippen molar-refractivity contribution in [2.24, 2.45) is 0 Å². The lowest BCUT2D eigenvalue weighted by Gasteiger charge is -2.35. The zero-order chi connectivity index (χ0) is 12.3. The molecule has 1 saturated carbocycles. The van der Waals surface area contributed by atoms with E-state index in [-0.39, 0.29) is 0 Å². The van der Waals surface area contributed by atoms with Crippen LogP contribution in [0, 0.1) is 11.3 Å². The van der Waals surface area contributed by atoms with Gasteiger partial charge in [0, 0.05) is 12.6 Å². The number of aromatic nitrogens is 1. The molecule has 1 aromatic rings. The molecule has 0 aromatic carbocycles. The van der Waals surface area contributed by atoms with Gasteiger partial charge in [-0.15, -0.1) is 0 Å². The van der Waals surface area contributed by atoms with Crippen LogP contribution in [0.4, 0.5) is 11.5 Å². The Hall–Kier alpha value is -1.80. The summed E-state index contributed by atoms with van der Waals surface area (Å²) < 4.78 is 5.48. The van der Waals surface area contributed by atoms with Gasteiger partial charge in [0.15, 0.2) is 0 Å². The van der Waals surface area contributed by atoms with Gasteiger partial charge in [0.1, 0.15) is 11.9 Å². The number of anilines is 2. The third-order valence-electron chi connectivity index (χ3n) is 2.87. The first-order valence-electron chi connectivity index (χ1n) is 5.76. The van der Waals surface area contributed by atoms with Crippen LogP contribution in [0.3, 0.4) is 0 Å². The van der Waals surface area contributed by atoms with E-state index in [1.54, 1.807) is 12.3 Å². The number of nitrogens with one attached hydrogen (secondary N) is 1. The van der Waals surface area contributed by atoms with E-state index in [0.717, 1.165) is 19.4 Å². The molecular weight excluding hydrogens is 216 g/mol. The summed E-state index contributed by atoms with van der Waals surface area (Å²) in [5.74, 6) is 0.613. The molecule has 0 saturated heterocycles. The normalized spacial score (nSPS) is 22.6. The van der Waals surface area contributed by atoms with E-state index in [1.165, 1.54) is 0 Å². The Morgan fingerprint density at radius 2 is 2.41 bits per heavy atom. The Labute approximate surface area is 101 Å². The Bertz CT molecular complexity index is 435. The molecule has 5 nitrogen and oxygen atoms in total. The monoisotopic (exact) mass is 232 g/mol. The summed E-state index contributed by atoms with van der Waals surface area (Å²) in [7, 11) is 0. The van der Waals surface area contributed by atoms with E-state index >= 15 is 0 Å². The van der Waals surface area contributed by atoms with Gasteiger partial charge in [-0.3, -0.25) is 0 Å². The number of nitrogens with two attached hydrogens (primary N) is 1. The maximum absolute atomic E-state index is 8.97. The highest BCUT2D eigenvalue weighted by Crippen LogP contribution is 2.27. The van der Waals surface area contributed by atoms with Gasteiger partial charge in [-0.05, 0) is 25.8 Å². The predicted molar refractivity (Wildman–Crippen MR) is 65.4 cm³/mol. The molecule has 1 heterocycles. The summed E-state index contributed by atoms with van der Waals surface area (Å²) >= 11 is 0. The van der Waals surface area contributed by atoms with Crippen LogP contribution < -0.4 is 11.1 Å². The Morgan fingerprint density at radius 1 is 1.65 bits per heavy atom. The first-order valence-corrected chi connectivity index (χ1v) is 5.76. The summed E-state index contributed by atoms with van der Waals surface area (Å²) in [5, 5.41) is 12.2. The standard InChI is InChI=1S/C12H16N4O/c1-2-17-11-4-10(5-11)16-12-8(6-13)3-9(14)7-15-12/h3,7,10-11H,2,4-5,14H2,1H3,(H,15,16). The average Bonchev–Trinajstić information content (AvgIpc) is 2.28. The number of nitrogen functional groups attached to an aromatic ring is 1. The van der Waals surface area contributed by atoms with Crippen molar-refractivity contribution in [2.45, 2.75) is 31.9 Å². The number of hydrogen-bond donors (Lipinski definition) is 2. The molecule has 0 aliphatic heterocycles. The first kappa shape index (κ1) is 11.7. The van der Waals surface area contributed by atoms with Crippen LogP contribution in [0.5, 0.6) is 0 Å². The number of hydrogen-bond acceptors (Lipinski definition) is 5. The van der Waals surface area contributed by atoms with Crippen molar-refractivity contribution in [1.29, 1.82) is 5.26 Å². The van der Waals surface area contributed by atoms with E-state index in [1.807, 2.05) is 6.92 Å². The van der Waals surface area contributed by atoms with Gasteiger partial charge in [-0.25, -0.2) is 4.98 Å². The lowest BCUT2D eigenvalue weighted by Crippen LogP contribution is -2.41. The van der Waals surface area contributed by atoms with Gasteiger partial charge in [-0.1, -0.05) is 0 Å². The molecule has 0 bridgehead atoms. The molecule has 0 amide bonds. The fraction of sp³-hybridized carbons (Fsp3) is 0.500. The van der Waals surface area contributed by atoms with Crippen LogP contribution in [0.15, 0.2) is 12.3 Å². The number of pyridine rings is 1. The Balaban J connectivity index is 1.95. The quantitative estimate of drug-likeness (QED) is 0.822. The van der Waals surface area contributed by atoms with Crippen molar-refractivity contribution in [1.82, 2.24) is 4.98 Å². The highest BCUT2D eigenvalue weighted by Gasteiger charge is 2.30. The minimum absolute atomic E-state index is 0.342. The zero-order valence-electron chi connectivity index (χ0n) is 9.81. The smallest absolute Gasteiger partial charge is 0.144 e. The molecule has 5 heteroatoms. The number of rotatable bonds is 4. The minimum Gasteiger partial charge on any atom is -0.397 e. The van der Waals surface area contributed by atoms with Crippen LogP contribution in [0.25, 0.3) is 0 Å². The summed E-state index contributed by atoms with van der Waals surface area (Å²) in [4.78, 5) is 4.14. The Kier molecular flexibility index (Phi) is 3.45. The van der Waals surface area contributed by atoms with E-state index < -0.39 is 0 Å². The van der Waals surface area contributed by atoms with Crippen LogP contribution in [0.2, 0.25) is 0 Å². The van der Waals surface area contributed by atoms with Crippen molar-refractivity contribution in [3.63, 3.8) is 0 Å². The largest absolute Gasteiger partial charge is 0.397 e. The van der Waals surface area contributed by atoms with Crippen LogP contribution in [-0.2, 0) is 4.74 Å². The first-order chi connectivity index (χ1) is 8.22. The lowest BCUT2D eigenvalue weighted by molar-refractivity contribution is 0.00292. The van der Waals surface area contributed by atoms with Crippen LogP contribution in [0.1, 0.15) is 25.3 Å². The molecule has 0 radical (unpaired) electrons. The minimum atomic E-state index is 0.342. The van der Waals surface area contributed by atoms with Gasteiger partial charge in [-0.2, -0.15) is 5.26 Å². The Morgan fingerprint density at radius 3 is 3.06 bits per heavy atom. The fourth-order valence-electron chi connectivity index (χ4n) is 1.93. The van der Waals surface area contributed by atoms with Crippen molar-refractivity contribution in [3.05, 3.63) is 17.8 Å². The van der Waals surface area contributed by atoms with Gasteiger partial charge in [0.2, 0.25) is 0 Å². The van der Waals surface area contributed by atoms with Crippen molar-refractivity contribution >= 4 is 11.5 Å². The molecule has 0 atom stereocenters. The fourth-order valence-corrected chi connectivity index (χ4v) is 1.93. The molecule has 0 unspecified atom stereocenters. The predicted octanol–water partition coefficient (Wildman–Crippen LogP) is 1.51. The number of nitrogens with zero attached hydrogens (tertiary/aromatic N) is 2. The molecule has 17 heavy (non-hydrogen) atoms. The van der Waals surface area contributed by atoms with Crippen molar-refractivity contribution in [2.75, 3.05) is 17.7 Å². The number of ether oxygens (including phenoxy) is 1.